The fourth-order valence-electron chi connectivity index (χ4n) is 2.37. The molecule has 1 aromatic carbocycles. The van der Waals surface area contributed by atoms with E-state index < -0.39 is 5.97 Å². The maximum absolute atomic E-state index is 12.2. The molecule has 3 rings (SSSR count). The zero-order valence-corrected chi connectivity index (χ0v) is 10.5. The quantitative estimate of drug-likeness (QED) is 0.893. The summed E-state index contributed by atoms with van der Waals surface area (Å²) in [5, 5.41) is 11.7. The van der Waals surface area contributed by atoms with E-state index in [4.69, 9.17) is 5.11 Å². The highest BCUT2D eigenvalue weighted by atomic mass is 16.4. The third kappa shape index (κ3) is 2.03. The second-order valence-electron chi connectivity index (χ2n) is 4.65. The van der Waals surface area contributed by atoms with Crippen LogP contribution in [0.4, 0.5) is 5.82 Å². The maximum Gasteiger partial charge on any atom is 0.339 e. The molecule has 1 aliphatic rings. The molecule has 1 heterocycles. The minimum atomic E-state index is -1.11. The van der Waals surface area contributed by atoms with Gasteiger partial charge in [0.15, 0.2) is 0 Å². The molecule has 0 saturated carbocycles. The van der Waals surface area contributed by atoms with Gasteiger partial charge in [0.05, 0.1) is 5.92 Å². The third-order valence-corrected chi connectivity index (χ3v) is 3.45. The van der Waals surface area contributed by atoms with Gasteiger partial charge in [-0.3, -0.25) is 4.79 Å². The SMILES string of the molecule is O=C(O)c1cccnc1NC(=O)C1Cc2ccccc21. The highest BCUT2D eigenvalue weighted by molar-refractivity contribution is 6.02. The number of benzene rings is 1. The fourth-order valence-corrected chi connectivity index (χ4v) is 2.37. The lowest BCUT2D eigenvalue weighted by Crippen LogP contribution is -2.30. The van der Waals surface area contributed by atoms with E-state index in [1.54, 1.807) is 0 Å². The third-order valence-electron chi connectivity index (χ3n) is 3.45. The van der Waals surface area contributed by atoms with Crippen molar-refractivity contribution < 1.29 is 14.7 Å². The van der Waals surface area contributed by atoms with E-state index >= 15 is 0 Å². The van der Waals surface area contributed by atoms with Gasteiger partial charge in [-0.25, -0.2) is 9.78 Å². The molecule has 0 spiro atoms. The van der Waals surface area contributed by atoms with E-state index in [1.807, 2.05) is 24.3 Å². The highest BCUT2D eigenvalue weighted by Gasteiger charge is 2.32. The predicted octanol–water partition coefficient (Wildman–Crippen LogP) is 2.06. The van der Waals surface area contributed by atoms with Crippen LogP contribution in [0.2, 0.25) is 0 Å². The molecule has 0 fully saturated rings. The van der Waals surface area contributed by atoms with E-state index in [0.29, 0.717) is 6.42 Å². The van der Waals surface area contributed by atoms with E-state index in [1.165, 1.54) is 18.3 Å². The number of carbonyl (C=O) groups is 2. The smallest absolute Gasteiger partial charge is 0.339 e. The summed E-state index contributed by atoms with van der Waals surface area (Å²) in [6.07, 6.45) is 2.13. The molecule has 0 bridgehead atoms. The Balaban J connectivity index is 1.80. The lowest BCUT2D eigenvalue weighted by Gasteiger charge is -2.28. The van der Waals surface area contributed by atoms with Gasteiger partial charge in [-0.15, -0.1) is 0 Å². The Morgan fingerprint density at radius 2 is 2.00 bits per heavy atom. The van der Waals surface area contributed by atoms with Gasteiger partial charge < -0.3 is 10.4 Å². The number of rotatable bonds is 3. The van der Waals surface area contributed by atoms with Crippen molar-refractivity contribution >= 4 is 17.7 Å². The van der Waals surface area contributed by atoms with Gasteiger partial charge in [-0.1, -0.05) is 24.3 Å². The number of hydrogen-bond acceptors (Lipinski definition) is 3. The van der Waals surface area contributed by atoms with Crippen LogP contribution in [0.25, 0.3) is 0 Å². The number of fused-ring (bicyclic) bond motifs is 1. The Hall–Kier alpha value is -2.69. The molecule has 1 unspecified atom stereocenters. The summed E-state index contributed by atoms with van der Waals surface area (Å²) in [4.78, 5) is 27.2. The maximum atomic E-state index is 12.2. The molecule has 20 heavy (non-hydrogen) atoms. The number of anilines is 1. The zero-order chi connectivity index (χ0) is 14.1. The van der Waals surface area contributed by atoms with Crippen molar-refractivity contribution in [2.24, 2.45) is 0 Å². The predicted molar refractivity (Wildman–Crippen MR) is 72.7 cm³/mol. The molecule has 100 valence electrons. The van der Waals surface area contributed by atoms with E-state index in [0.717, 1.165) is 11.1 Å². The number of aromatic nitrogens is 1. The number of hydrogen-bond donors (Lipinski definition) is 2. The number of aromatic carboxylic acids is 1. The molecule has 0 saturated heterocycles. The summed E-state index contributed by atoms with van der Waals surface area (Å²) in [5.74, 6) is -1.46. The van der Waals surface area contributed by atoms with Crippen LogP contribution in [0.3, 0.4) is 0 Å². The number of amides is 1. The first-order chi connectivity index (χ1) is 9.66. The molecule has 1 amide bonds. The number of carbonyl (C=O) groups excluding carboxylic acids is 1. The molecular formula is C15H12N2O3. The Labute approximate surface area is 115 Å². The van der Waals surface area contributed by atoms with E-state index in [-0.39, 0.29) is 23.2 Å². The van der Waals surface area contributed by atoms with Crippen molar-refractivity contribution in [2.75, 3.05) is 5.32 Å². The monoisotopic (exact) mass is 268 g/mol. The van der Waals surface area contributed by atoms with Crippen LogP contribution >= 0.6 is 0 Å². The van der Waals surface area contributed by atoms with Gasteiger partial charge in [0.1, 0.15) is 11.4 Å². The fraction of sp³-hybridized carbons (Fsp3) is 0.133. The largest absolute Gasteiger partial charge is 0.478 e. The molecule has 1 aromatic heterocycles. The molecule has 2 aromatic rings. The molecule has 5 heteroatoms. The van der Waals surface area contributed by atoms with Gasteiger partial charge in [-0.2, -0.15) is 0 Å². The normalized spacial score (nSPS) is 15.9. The van der Waals surface area contributed by atoms with Gasteiger partial charge in [-0.05, 0) is 29.7 Å². The van der Waals surface area contributed by atoms with Crippen LogP contribution in [0, 0.1) is 0 Å². The lowest BCUT2D eigenvalue weighted by molar-refractivity contribution is -0.118. The second kappa shape index (κ2) is 4.77. The van der Waals surface area contributed by atoms with Crippen molar-refractivity contribution in [3.8, 4) is 0 Å². The number of pyridine rings is 1. The van der Waals surface area contributed by atoms with E-state index in [9.17, 15) is 9.59 Å². The number of carboxylic acid groups (broad SMARTS) is 1. The molecule has 1 atom stereocenters. The van der Waals surface area contributed by atoms with Crippen LogP contribution in [0.1, 0.15) is 27.4 Å². The van der Waals surface area contributed by atoms with Crippen LogP contribution in [0.5, 0.6) is 0 Å². The molecule has 0 radical (unpaired) electrons. The van der Waals surface area contributed by atoms with Gasteiger partial charge in [0.25, 0.3) is 0 Å². The van der Waals surface area contributed by atoms with Crippen LogP contribution in [-0.4, -0.2) is 22.0 Å². The summed E-state index contributed by atoms with van der Waals surface area (Å²) >= 11 is 0. The average molecular weight is 268 g/mol. The minimum Gasteiger partial charge on any atom is -0.478 e. The van der Waals surface area contributed by atoms with Crippen molar-refractivity contribution in [1.29, 1.82) is 0 Å². The van der Waals surface area contributed by atoms with Gasteiger partial charge in [0, 0.05) is 6.20 Å². The Bertz CT molecular complexity index is 697. The van der Waals surface area contributed by atoms with Crippen LogP contribution < -0.4 is 5.32 Å². The molecule has 2 N–H and O–H groups in total. The summed E-state index contributed by atoms with van der Waals surface area (Å²) < 4.78 is 0. The van der Waals surface area contributed by atoms with Crippen molar-refractivity contribution in [3.05, 3.63) is 59.3 Å². The molecular weight excluding hydrogens is 256 g/mol. The average Bonchev–Trinajstić information content (AvgIpc) is 2.40. The Kier molecular flexibility index (Phi) is 2.95. The van der Waals surface area contributed by atoms with Crippen molar-refractivity contribution in [2.45, 2.75) is 12.3 Å². The standard InChI is InChI=1S/C15H12N2O3/c18-14(12-8-9-4-1-2-5-10(9)12)17-13-11(15(19)20)6-3-7-16-13/h1-7,12H,8H2,(H,19,20)(H,16,17,18). The molecule has 1 aliphatic carbocycles. The van der Waals surface area contributed by atoms with Gasteiger partial charge in [0.2, 0.25) is 5.91 Å². The second-order valence-corrected chi connectivity index (χ2v) is 4.65. The summed E-state index contributed by atoms with van der Waals surface area (Å²) in [6, 6.07) is 10.7. The first-order valence-corrected chi connectivity index (χ1v) is 6.24. The number of nitrogens with one attached hydrogen (secondary N) is 1. The zero-order valence-electron chi connectivity index (χ0n) is 10.5. The van der Waals surface area contributed by atoms with Crippen LogP contribution in [0.15, 0.2) is 42.6 Å². The summed E-state index contributed by atoms with van der Waals surface area (Å²) in [6.45, 7) is 0. The summed E-state index contributed by atoms with van der Waals surface area (Å²) in [5.41, 5.74) is 2.15. The number of nitrogens with zero attached hydrogens (tertiary/aromatic N) is 1. The number of carboxylic acids is 1. The molecule has 0 aliphatic heterocycles. The topological polar surface area (TPSA) is 79.3 Å². The Morgan fingerprint density at radius 3 is 2.75 bits per heavy atom. The first-order valence-electron chi connectivity index (χ1n) is 6.24. The first kappa shape index (κ1) is 12.3. The Morgan fingerprint density at radius 1 is 1.20 bits per heavy atom. The highest BCUT2D eigenvalue weighted by Crippen LogP contribution is 2.35. The summed E-state index contributed by atoms with van der Waals surface area (Å²) in [7, 11) is 0. The van der Waals surface area contributed by atoms with E-state index in [2.05, 4.69) is 10.3 Å². The van der Waals surface area contributed by atoms with Crippen molar-refractivity contribution in [1.82, 2.24) is 4.98 Å². The van der Waals surface area contributed by atoms with Crippen molar-refractivity contribution in [3.63, 3.8) is 0 Å². The molecule has 5 nitrogen and oxygen atoms in total. The lowest BCUT2D eigenvalue weighted by atomic mass is 9.77. The van der Waals surface area contributed by atoms with Crippen LogP contribution in [-0.2, 0) is 11.2 Å². The minimum absolute atomic E-state index is 0.00606. The van der Waals surface area contributed by atoms with Gasteiger partial charge >= 0.3 is 5.97 Å².